The van der Waals surface area contributed by atoms with Crippen LogP contribution in [0.3, 0.4) is 0 Å². The van der Waals surface area contributed by atoms with Gasteiger partial charge in [-0.2, -0.15) is 0 Å². The van der Waals surface area contributed by atoms with Crippen LogP contribution in [0.2, 0.25) is 0 Å². The Labute approximate surface area is 167 Å². The number of rotatable bonds is 3. The summed E-state index contributed by atoms with van der Waals surface area (Å²) >= 11 is 0. The molecule has 4 rings (SSSR count). The minimum Gasteiger partial charge on any atom is -0.336 e. The molecule has 6 heteroatoms. The van der Waals surface area contributed by atoms with Crippen LogP contribution in [0.4, 0.5) is 5.69 Å². The predicted octanol–water partition coefficient (Wildman–Crippen LogP) is 3.33. The van der Waals surface area contributed by atoms with Crippen LogP contribution in [0.1, 0.15) is 54.4 Å². The maximum absolute atomic E-state index is 12.9. The standard InChI is InChI=1S/C21H29N3O2.ClH/c25-20-9-7-17-14-18(6-8-19(17)22-20)21(26)24-12-10-23(11-13-24)15-16-4-2-1-3-5-16;/h6,8,14,16H,1-5,7,9-13,15H2,(H,22,25);1H. The molecule has 1 saturated heterocycles. The Bertz CT molecular complexity index is 680. The summed E-state index contributed by atoms with van der Waals surface area (Å²) in [5, 5.41) is 2.88. The van der Waals surface area contributed by atoms with Gasteiger partial charge in [0.1, 0.15) is 0 Å². The Balaban J connectivity index is 0.00000210. The maximum Gasteiger partial charge on any atom is 0.253 e. The van der Waals surface area contributed by atoms with Gasteiger partial charge in [0.15, 0.2) is 0 Å². The molecule has 1 saturated carbocycles. The fourth-order valence-corrected chi connectivity index (χ4v) is 4.57. The molecular formula is C21H30ClN3O2. The van der Waals surface area contributed by atoms with Crippen molar-refractivity contribution in [3.05, 3.63) is 29.3 Å². The smallest absolute Gasteiger partial charge is 0.253 e. The summed E-state index contributed by atoms with van der Waals surface area (Å²) in [7, 11) is 0. The zero-order valence-corrected chi connectivity index (χ0v) is 16.7. The van der Waals surface area contributed by atoms with Crippen LogP contribution >= 0.6 is 12.4 Å². The second kappa shape index (κ2) is 9.07. The zero-order valence-electron chi connectivity index (χ0n) is 15.9. The molecule has 0 unspecified atom stereocenters. The second-order valence-electron chi connectivity index (χ2n) is 8.02. The summed E-state index contributed by atoms with van der Waals surface area (Å²) in [5.41, 5.74) is 2.68. The molecule has 1 aliphatic carbocycles. The average Bonchev–Trinajstić information content (AvgIpc) is 2.68. The van der Waals surface area contributed by atoms with E-state index in [-0.39, 0.29) is 24.2 Å². The number of halogens is 1. The van der Waals surface area contributed by atoms with Gasteiger partial charge in [-0.1, -0.05) is 19.3 Å². The van der Waals surface area contributed by atoms with Crippen molar-refractivity contribution in [2.24, 2.45) is 5.92 Å². The van der Waals surface area contributed by atoms with E-state index in [1.165, 1.54) is 38.6 Å². The molecule has 2 aliphatic heterocycles. The number of nitrogens with zero attached hydrogens (tertiary/aromatic N) is 2. The third-order valence-corrected chi connectivity index (χ3v) is 6.15. The number of fused-ring (bicyclic) bond motifs is 1. The molecule has 1 aromatic rings. The molecule has 3 aliphatic rings. The van der Waals surface area contributed by atoms with Crippen LogP contribution < -0.4 is 5.32 Å². The molecule has 1 N–H and O–H groups in total. The van der Waals surface area contributed by atoms with Gasteiger partial charge in [-0.25, -0.2) is 0 Å². The van der Waals surface area contributed by atoms with Gasteiger partial charge in [-0.3, -0.25) is 14.5 Å². The van der Waals surface area contributed by atoms with Crippen molar-refractivity contribution < 1.29 is 9.59 Å². The lowest BCUT2D eigenvalue weighted by molar-refractivity contribution is -0.116. The van der Waals surface area contributed by atoms with E-state index < -0.39 is 0 Å². The molecule has 0 spiro atoms. The number of anilines is 1. The highest BCUT2D eigenvalue weighted by molar-refractivity contribution is 5.98. The molecule has 148 valence electrons. The number of carbonyl (C=O) groups is 2. The van der Waals surface area contributed by atoms with Crippen molar-refractivity contribution >= 4 is 29.9 Å². The lowest BCUT2D eigenvalue weighted by Gasteiger charge is -2.37. The molecule has 2 amide bonds. The van der Waals surface area contributed by atoms with Crippen LogP contribution in [-0.2, 0) is 11.2 Å². The van der Waals surface area contributed by atoms with Gasteiger partial charge >= 0.3 is 0 Å². The minimum atomic E-state index is 0. The summed E-state index contributed by atoms with van der Waals surface area (Å²) in [6, 6.07) is 5.69. The summed E-state index contributed by atoms with van der Waals surface area (Å²) in [6.07, 6.45) is 8.17. The molecular weight excluding hydrogens is 362 g/mol. The lowest BCUT2D eigenvalue weighted by atomic mass is 9.89. The van der Waals surface area contributed by atoms with Crippen molar-refractivity contribution in [3.63, 3.8) is 0 Å². The highest BCUT2D eigenvalue weighted by atomic mass is 35.5. The molecule has 0 atom stereocenters. The third-order valence-electron chi connectivity index (χ3n) is 6.15. The van der Waals surface area contributed by atoms with Crippen LogP contribution in [0, 0.1) is 5.92 Å². The SMILES string of the molecule is Cl.O=C1CCc2cc(C(=O)N3CCN(CC4CCCCC4)CC3)ccc2N1. The van der Waals surface area contributed by atoms with Gasteiger partial charge in [-0.15, -0.1) is 12.4 Å². The molecule has 1 aromatic carbocycles. The van der Waals surface area contributed by atoms with Crippen molar-refractivity contribution in [3.8, 4) is 0 Å². The number of amides is 2. The van der Waals surface area contributed by atoms with Crippen LogP contribution in [0.25, 0.3) is 0 Å². The minimum absolute atomic E-state index is 0. The van der Waals surface area contributed by atoms with E-state index >= 15 is 0 Å². The maximum atomic E-state index is 12.9. The Kier molecular flexibility index (Phi) is 6.77. The van der Waals surface area contributed by atoms with Crippen molar-refractivity contribution in [2.45, 2.75) is 44.9 Å². The molecule has 5 nitrogen and oxygen atoms in total. The fourth-order valence-electron chi connectivity index (χ4n) is 4.57. The quantitative estimate of drug-likeness (QED) is 0.859. The topological polar surface area (TPSA) is 52.7 Å². The van der Waals surface area contributed by atoms with E-state index in [9.17, 15) is 9.59 Å². The summed E-state index contributed by atoms with van der Waals surface area (Å²) in [5.74, 6) is 1.05. The van der Waals surface area contributed by atoms with Gasteiger partial charge in [0.2, 0.25) is 5.91 Å². The number of aryl methyl sites for hydroxylation is 1. The molecule has 2 fully saturated rings. The van der Waals surface area contributed by atoms with Crippen LogP contribution in [-0.4, -0.2) is 54.3 Å². The van der Waals surface area contributed by atoms with Crippen LogP contribution in [0.15, 0.2) is 18.2 Å². The third kappa shape index (κ3) is 4.82. The van der Waals surface area contributed by atoms with Crippen LogP contribution in [0.5, 0.6) is 0 Å². The van der Waals surface area contributed by atoms with Gasteiger partial charge in [0.25, 0.3) is 5.91 Å². The molecule has 2 heterocycles. The Morgan fingerprint density at radius 3 is 2.52 bits per heavy atom. The van der Waals surface area contributed by atoms with Crippen molar-refractivity contribution in [1.82, 2.24) is 9.80 Å². The fraction of sp³-hybridized carbons (Fsp3) is 0.619. The monoisotopic (exact) mass is 391 g/mol. The summed E-state index contributed by atoms with van der Waals surface area (Å²) in [4.78, 5) is 28.9. The largest absolute Gasteiger partial charge is 0.336 e. The second-order valence-corrected chi connectivity index (χ2v) is 8.02. The van der Waals surface area contributed by atoms with Gasteiger partial charge in [-0.05, 0) is 48.9 Å². The average molecular weight is 392 g/mol. The first kappa shape index (κ1) is 20.2. The lowest BCUT2D eigenvalue weighted by Crippen LogP contribution is -2.49. The summed E-state index contributed by atoms with van der Waals surface area (Å²) < 4.78 is 0. The van der Waals surface area contributed by atoms with E-state index in [4.69, 9.17) is 0 Å². The first-order valence-electron chi connectivity index (χ1n) is 10.1. The number of hydrogen-bond donors (Lipinski definition) is 1. The first-order valence-corrected chi connectivity index (χ1v) is 10.1. The van der Waals surface area contributed by atoms with E-state index in [0.717, 1.165) is 55.3 Å². The first-order chi connectivity index (χ1) is 12.7. The molecule has 0 radical (unpaired) electrons. The highest BCUT2D eigenvalue weighted by Gasteiger charge is 2.25. The summed E-state index contributed by atoms with van der Waals surface area (Å²) in [6.45, 7) is 4.83. The van der Waals surface area contributed by atoms with E-state index in [1.54, 1.807) is 0 Å². The normalized spacial score (nSPS) is 21.2. The van der Waals surface area contributed by atoms with Gasteiger partial charge in [0, 0.05) is 50.4 Å². The van der Waals surface area contributed by atoms with E-state index in [2.05, 4.69) is 10.2 Å². The Morgan fingerprint density at radius 2 is 1.78 bits per heavy atom. The van der Waals surface area contributed by atoms with Crippen molar-refractivity contribution in [1.29, 1.82) is 0 Å². The number of benzene rings is 1. The number of piperazine rings is 1. The molecule has 0 aromatic heterocycles. The zero-order chi connectivity index (χ0) is 17.9. The Hall–Kier alpha value is -1.59. The number of nitrogens with one attached hydrogen (secondary N) is 1. The number of hydrogen-bond acceptors (Lipinski definition) is 3. The molecule has 0 bridgehead atoms. The van der Waals surface area contributed by atoms with Crippen molar-refractivity contribution in [2.75, 3.05) is 38.0 Å². The van der Waals surface area contributed by atoms with Gasteiger partial charge in [0.05, 0.1) is 0 Å². The number of carbonyl (C=O) groups excluding carboxylic acids is 2. The van der Waals surface area contributed by atoms with E-state index in [1.807, 2.05) is 23.1 Å². The highest BCUT2D eigenvalue weighted by Crippen LogP contribution is 2.26. The van der Waals surface area contributed by atoms with Gasteiger partial charge < -0.3 is 10.2 Å². The van der Waals surface area contributed by atoms with E-state index in [0.29, 0.717) is 6.42 Å². The Morgan fingerprint density at radius 1 is 1.04 bits per heavy atom. The predicted molar refractivity (Wildman–Crippen MR) is 110 cm³/mol. The molecule has 27 heavy (non-hydrogen) atoms.